The molecular formula is C16H34N2. The fraction of sp³-hybridized carbons (Fsp3) is 1.00. The molecule has 0 aromatic heterocycles. The fourth-order valence-corrected chi connectivity index (χ4v) is 3.44. The quantitative estimate of drug-likeness (QED) is 0.711. The molecule has 1 aliphatic heterocycles. The van der Waals surface area contributed by atoms with Crippen LogP contribution in [0, 0.1) is 5.92 Å². The summed E-state index contributed by atoms with van der Waals surface area (Å²) in [7, 11) is 0. The zero-order valence-corrected chi connectivity index (χ0v) is 13.3. The van der Waals surface area contributed by atoms with Crippen LogP contribution in [0.25, 0.3) is 0 Å². The smallest absolute Gasteiger partial charge is 0.0334 e. The molecule has 1 saturated heterocycles. The zero-order chi connectivity index (χ0) is 13.6. The number of hydrogen-bond donors (Lipinski definition) is 1. The predicted molar refractivity (Wildman–Crippen MR) is 81.0 cm³/mol. The van der Waals surface area contributed by atoms with Crippen molar-refractivity contribution in [2.24, 2.45) is 5.92 Å². The van der Waals surface area contributed by atoms with E-state index in [1.165, 1.54) is 45.2 Å². The van der Waals surface area contributed by atoms with E-state index >= 15 is 0 Å². The van der Waals surface area contributed by atoms with Gasteiger partial charge in [0.25, 0.3) is 0 Å². The van der Waals surface area contributed by atoms with E-state index in [1.54, 1.807) is 0 Å². The molecule has 0 bridgehead atoms. The van der Waals surface area contributed by atoms with E-state index in [0.29, 0.717) is 11.6 Å². The second kappa shape index (κ2) is 7.49. The highest BCUT2D eigenvalue weighted by Gasteiger charge is 2.40. The summed E-state index contributed by atoms with van der Waals surface area (Å²) in [6.07, 6.45) is 6.52. The Morgan fingerprint density at radius 3 is 2.22 bits per heavy atom. The normalized spacial score (nSPS) is 23.8. The van der Waals surface area contributed by atoms with Crippen molar-refractivity contribution in [3.8, 4) is 0 Å². The third-order valence-corrected chi connectivity index (χ3v) is 5.04. The van der Waals surface area contributed by atoms with Crippen LogP contribution in [-0.4, -0.2) is 36.1 Å². The third-order valence-electron chi connectivity index (χ3n) is 5.04. The van der Waals surface area contributed by atoms with E-state index in [2.05, 4.69) is 44.8 Å². The third kappa shape index (κ3) is 3.48. The fourth-order valence-electron chi connectivity index (χ4n) is 3.44. The van der Waals surface area contributed by atoms with Gasteiger partial charge in [-0.1, -0.05) is 34.1 Å². The van der Waals surface area contributed by atoms with Crippen LogP contribution in [0.15, 0.2) is 0 Å². The maximum atomic E-state index is 3.85. The summed E-state index contributed by atoms with van der Waals surface area (Å²) >= 11 is 0. The van der Waals surface area contributed by atoms with Crippen LogP contribution in [0.3, 0.4) is 0 Å². The molecule has 108 valence electrons. The number of hydrogen-bond acceptors (Lipinski definition) is 2. The first kappa shape index (κ1) is 16.0. The SMILES string of the molecule is CCCNC(C(C)CC)C(C)(CC)N1CCCC1. The molecule has 1 N–H and O–H groups in total. The minimum absolute atomic E-state index is 0.334. The summed E-state index contributed by atoms with van der Waals surface area (Å²) in [5, 5.41) is 3.85. The van der Waals surface area contributed by atoms with Gasteiger partial charge in [-0.3, -0.25) is 4.90 Å². The Kier molecular flexibility index (Phi) is 6.65. The van der Waals surface area contributed by atoms with Crippen LogP contribution in [-0.2, 0) is 0 Å². The highest BCUT2D eigenvalue weighted by molar-refractivity contribution is 4.99. The van der Waals surface area contributed by atoms with E-state index in [1.807, 2.05) is 0 Å². The minimum Gasteiger partial charge on any atom is -0.312 e. The van der Waals surface area contributed by atoms with Gasteiger partial charge in [0.1, 0.15) is 0 Å². The van der Waals surface area contributed by atoms with Crippen molar-refractivity contribution < 1.29 is 0 Å². The Balaban J connectivity index is 2.82. The second-order valence-electron chi connectivity index (χ2n) is 6.22. The first-order valence-corrected chi connectivity index (χ1v) is 8.08. The van der Waals surface area contributed by atoms with Crippen molar-refractivity contribution in [1.29, 1.82) is 0 Å². The Hall–Kier alpha value is -0.0800. The number of likely N-dealkylation sites (tertiary alicyclic amines) is 1. The maximum absolute atomic E-state index is 3.85. The molecule has 1 rings (SSSR count). The van der Waals surface area contributed by atoms with Crippen molar-refractivity contribution in [2.75, 3.05) is 19.6 Å². The molecule has 0 amide bonds. The molecule has 1 aliphatic rings. The molecule has 0 aromatic rings. The van der Waals surface area contributed by atoms with Gasteiger partial charge in [0.15, 0.2) is 0 Å². The average molecular weight is 254 g/mol. The van der Waals surface area contributed by atoms with Crippen LogP contribution in [0.4, 0.5) is 0 Å². The van der Waals surface area contributed by atoms with Crippen molar-refractivity contribution in [2.45, 2.75) is 78.3 Å². The first-order valence-electron chi connectivity index (χ1n) is 8.08. The van der Waals surface area contributed by atoms with E-state index in [0.717, 1.165) is 12.5 Å². The number of nitrogens with one attached hydrogen (secondary N) is 1. The number of nitrogens with zero attached hydrogens (tertiary/aromatic N) is 1. The van der Waals surface area contributed by atoms with E-state index < -0.39 is 0 Å². The van der Waals surface area contributed by atoms with Gasteiger partial charge in [0, 0.05) is 11.6 Å². The highest BCUT2D eigenvalue weighted by Crippen LogP contribution is 2.32. The minimum atomic E-state index is 0.334. The molecule has 3 unspecified atom stereocenters. The van der Waals surface area contributed by atoms with Crippen LogP contribution < -0.4 is 5.32 Å². The van der Waals surface area contributed by atoms with Crippen LogP contribution in [0.2, 0.25) is 0 Å². The Morgan fingerprint density at radius 1 is 1.17 bits per heavy atom. The van der Waals surface area contributed by atoms with Gasteiger partial charge in [0.05, 0.1) is 0 Å². The monoisotopic (exact) mass is 254 g/mol. The standard InChI is InChI=1S/C16H34N2/c1-6-11-17-15(14(4)7-2)16(5,8-3)18-12-9-10-13-18/h14-15,17H,6-13H2,1-5H3. The van der Waals surface area contributed by atoms with Crippen molar-refractivity contribution >= 4 is 0 Å². The van der Waals surface area contributed by atoms with Crippen LogP contribution in [0.5, 0.6) is 0 Å². The van der Waals surface area contributed by atoms with Crippen molar-refractivity contribution in [3.05, 3.63) is 0 Å². The highest BCUT2D eigenvalue weighted by atomic mass is 15.2. The molecule has 2 nitrogen and oxygen atoms in total. The lowest BCUT2D eigenvalue weighted by atomic mass is 9.79. The van der Waals surface area contributed by atoms with E-state index in [9.17, 15) is 0 Å². The zero-order valence-electron chi connectivity index (χ0n) is 13.3. The van der Waals surface area contributed by atoms with Crippen LogP contribution in [0.1, 0.15) is 66.7 Å². The van der Waals surface area contributed by atoms with Crippen LogP contribution >= 0.6 is 0 Å². The van der Waals surface area contributed by atoms with E-state index in [4.69, 9.17) is 0 Å². The summed E-state index contributed by atoms with van der Waals surface area (Å²) in [6, 6.07) is 0.630. The largest absolute Gasteiger partial charge is 0.312 e. The summed E-state index contributed by atoms with van der Waals surface area (Å²) < 4.78 is 0. The van der Waals surface area contributed by atoms with Crippen molar-refractivity contribution in [1.82, 2.24) is 10.2 Å². The molecule has 0 radical (unpaired) electrons. The summed E-state index contributed by atoms with van der Waals surface area (Å²) in [5.74, 6) is 0.752. The molecular weight excluding hydrogens is 220 g/mol. The average Bonchev–Trinajstić information content (AvgIpc) is 2.92. The van der Waals surface area contributed by atoms with E-state index in [-0.39, 0.29) is 0 Å². The maximum Gasteiger partial charge on any atom is 0.0334 e. The predicted octanol–water partition coefficient (Wildman–Crippen LogP) is 3.67. The van der Waals surface area contributed by atoms with Gasteiger partial charge in [-0.2, -0.15) is 0 Å². The van der Waals surface area contributed by atoms with Gasteiger partial charge < -0.3 is 5.32 Å². The second-order valence-corrected chi connectivity index (χ2v) is 6.22. The van der Waals surface area contributed by atoms with Gasteiger partial charge in [-0.25, -0.2) is 0 Å². The van der Waals surface area contributed by atoms with Gasteiger partial charge in [0.2, 0.25) is 0 Å². The molecule has 2 heteroatoms. The Labute approximate surface area is 115 Å². The lowest BCUT2D eigenvalue weighted by Crippen LogP contribution is -2.61. The Morgan fingerprint density at radius 2 is 1.78 bits per heavy atom. The lowest BCUT2D eigenvalue weighted by molar-refractivity contribution is 0.0598. The molecule has 0 saturated carbocycles. The number of rotatable bonds is 8. The summed E-state index contributed by atoms with van der Waals surface area (Å²) in [6.45, 7) is 15.6. The first-order chi connectivity index (χ1) is 8.60. The summed E-state index contributed by atoms with van der Waals surface area (Å²) in [5.41, 5.74) is 0.334. The molecule has 18 heavy (non-hydrogen) atoms. The van der Waals surface area contributed by atoms with Gasteiger partial charge in [-0.15, -0.1) is 0 Å². The summed E-state index contributed by atoms with van der Waals surface area (Å²) in [4.78, 5) is 2.74. The lowest BCUT2D eigenvalue weighted by Gasteiger charge is -2.47. The molecule has 1 heterocycles. The van der Waals surface area contributed by atoms with Gasteiger partial charge in [-0.05, 0) is 58.2 Å². The topological polar surface area (TPSA) is 15.3 Å². The van der Waals surface area contributed by atoms with Crippen molar-refractivity contribution in [3.63, 3.8) is 0 Å². The molecule has 0 aromatic carbocycles. The van der Waals surface area contributed by atoms with Gasteiger partial charge >= 0.3 is 0 Å². The molecule has 3 atom stereocenters. The molecule has 0 spiro atoms. The molecule has 1 fully saturated rings. The Bertz CT molecular complexity index is 223. The molecule has 0 aliphatic carbocycles.